The largest absolute Gasteiger partial charge is 0.507 e. The zero-order chi connectivity index (χ0) is 34.6. The Morgan fingerprint density at radius 2 is 1.72 bits per heavy atom. The summed E-state index contributed by atoms with van der Waals surface area (Å²) in [6.45, 7) is 3.24. The van der Waals surface area contributed by atoms with E-state index in [2.05, 4.69) is 10.2 Å². The molecule has 0 radical (unpaired) electrons. The van der Waals surface area contributed by atoms with Crippen LogP contribution < -0.4 is 23.8 Å². The van der Waals surface area contributed by atoms with Crippen molar-refractivity contribution in [1.82, 2.24) is 10.2 Å². The van der Waals surface area contributed by atoms with Crippen molar-refractivity contribution in [3.8, 4) is 23.0 Å². The van der Waals surface area contributed by atoms with E-state index < -0.39 is 17.7 Å². The minimum absolute atomic E-state index is 0.118. The van der Waals surface area contributed by atoms with Crippen LogP contribution in [0.2, 0.25) is 5.02 Å². The predicted octanol–water partition coefficient (Wildman–Crippen LogP) is 7.86. The number of Topliss-reactive ketones (excluding diaryl/α,β-unsaturated/α-hetero) is 1. The lowest BCUT2D eigenvalue weighted by Gasteiger charge is -2.24. The van der Waals surface area contributed by atoms with E-state index >= 15 is 0 Å². The average Bonchev–Trinajstić information content (AvgIpc) is 3.72. The van der Waals surface area contributed by atoms with Crippen molar-refractivity contribution in [3.05, 3.63) is 124 Å². The summed E-state index contributed by atoms with van der Waals surface area (Å²) in [5.41, 5.74) is 2.57. The van der Waals surface area contributed by atoms with Gasteiger partial charge >= 0.3 is 5.91 Å². The highest BCUT2D eigenvalue weighted by molar-refractivity contribution is 8.00. The van der Waals surface area contributed by atoms with E-state index in [0.717, 1.165) is 22.5 Å². The maximum Gasteiger partial charge on any atom is 0.301 e. The van der Waals surface area contributed by atoms with E-state index in [9.17, 15) is 14.7 Å². The summed E-state index contributed by atoms with van der Waals surface area (Å²) >= 11 is 8.93. The first-order valence-electron chi connectivity index (χ1n) is 15.8. The molecule has 1 N–H and O–H groups in total. The molecule has 5 aromatic rings. The Hall–Kier alpha value is -5.04. The fraction of sp³-hybridized carbons (Fsp3) is 0.189. The first kappa shape index (κ1) is 33.5. The Bertz CT molecular complexity index is 2090. The number of fused-ring (bicyclic) bond motifs is 1. The van der Waals surface area contributed by atoms with Crippen molar-refractivity contribution < 1.29 is 33.6 Å². The molecule has 50 heavy (non-hydrogen) atoms. The van der Waals surface area contributed by atoms with Crippen LogP contribution in [0.1, 0.15) is 35.2 Å². The normalized spacial score (nSPS) is 16.4. The third-order valence-corrected chi connectivity index (χ3v) is 10.5. The molecule has 1 saturated heterocycles. The van der Waals surface area contributed by atoms with Crippen molar-refractivity contribution >= 4 is 57.3 Å². The molecule has 0 saturated carbocycles. The molecule has 0 spiro atoms. The smallest absolute Gasteiger partial charge is 0.301 e. The number of thioether (sulfide) groups is 1. The van der Waals surface area contributed by atoms with Gasteiger partial charge in [-0.2, -0.15) is 0 Å². The highest BCUT2D eigenvalue weighted by atomic mass is 35.5. The van der Waals surface area contributed by atoms with Crippen LogP contribution in [0.5, 0.6) is 23.0 Å². The van der Waals surface area contributed by atoms with Gasteiger partial charge in [-0.05, 0) is 60.0 Å². The Morgan fingerprint density at radius 1 is 0.940 bits per heavy atom. The van der Waals surface area contributed by atoms with Gasteiger partial charge in [-0.1, -0.05) is 89.3 Å². The van der Waals surface area contributed by atoms with Crippen molar-refractivity contribution in [3.63, 3.8) is 0 Å². The van der Waals surface area contributed by atoms with Gasteiger partial charge in [0.2, 0.25) is 5.13 Å². The summed E-state index contributed by atoms with van der Waals surface area (Å²) in [7, 11) is 0. The number of ether oxygens (including phenoxy) is 4. The summed E-state index contributed by atoms with van der Waals surface area (Å²) in [5, 5.41) is 21.2. The number of benzene rings is 4. The fourth-order valence-electron chi connectivity index (χ4n) is 5.62. The van der Waals surface area contributed by atoms with Crippen LogP contribution in [0.25, 0.3) is 5.76 Å². The van der Waals surface area contributed by atoms with E-state index in [-0.39, 0.29) is 16.5 Å². The predicted molar refractivity (Wildman–Crippen MR) is 192 cm³/mol. The van der Waals surface area contributed by atoms with E-state index in [4.69, 9.17) is 30.5 Å². The van der Waals surface area contributed by atoms with E-state index in [1.807, 2.05) is 61.5 Å². The molecule has 2 aliphatic heterocycles. The van der Waals surface area contributed by atoms with Crippen LogP contribution in [0.3, 0.4) is 0 Å². The van der Waals surface area contributed by atoms with Crippen LogP contribution in [-0.4, -0.2) is 46.8 Å². The lowest BCUT2D eigenvalue weighted by molar-refractivity contribution is -0.132. The number of halogens is 1. The lowest BCUT2D eigenvalue weighted by atomic mass is 9.95. The summed E-state index contributed by atoms with van der Waals surface area (Å²) in [4.78, 5) is 29.0. The number of aliphatic hydroxyl groups is 1. The topological polar surface area (TPSA) is 120 Å². The molecule has 7 rings (SSSR count). The molecule has 10 nitrogen and oxygen atoms in total. The zero-order valence-electron chi connectivity index (χ0n) is 26.7. The Balaban J connectivity index is 1.28. The second-order valence-corrected chi connectivity index (χ2v) is 13.8. The average molecular weight is 728 g/mol. The van der Waals surface area contributed by atoms with Crippen LogP contribution in [0.15, 0.2) is 101 Å². The van der Waals surface area contributed by atoms with Crippen molar-refractivity contribution in [2.75, 3.05) is 24.7 Å². The summed E-state index contributed by atoms with van der Waals surface area (Å²) < 4.78 is 24.1. The second kappa shape index (κ2) is 14.8. The van der Waals surface area contributed by atoms with Gasteiger partial charge < -0.3 is 24.1 Å². The van der Waals surface area contributed by atoms with E-state index in [0.29, 0.717) is 75.7 Å². The van der Waals surface area contributed by atoms with Gasteiger partial charge in [-0.15, -0.1) is 10.2 Å². The van der Waals surface area contributed by atoms with Crippen molar-refractivity contribution in [1.29, 1.82) is 0 Å². The molecular formula is C37H30ClN3O7S2. The van der Waals surface area contributed by atoms with E-state index in [1.54, 1.807) is 36.4 Å². The molecular weight excluding hydrogens is 698 g/mol. The number of hydrogen-bond donors (Lipinski definition) is 1. The third-order valence-electron chi connectivity index (χ3n) is 7.99. The highest BCUT2D eigenvalue weighted by Gasteiger charge is 2.48. The fourth-order valence-corrected chi connectivity index (χ4v) is 7.78. The second-order valence-electron chi connectivity index (χ2n) is 11.2. The SMILES string of the molecule is CCOc1cc(C2/C(=C(/O)c3ccc4c(c3)OCCO4)C(=O)C(=O)N2c2nnc(SCc3ccccc3Cl)s2)ccc1OCc1ccccc1. The summed E-state index contributed by atoms with van der Waals surface area (Å²) in [6, 6.07) is 26.2. The number of carbonyl (C=O) groups is 2. The number of hydrogen-bond acceptors (Lipinski definition) is 11. The molecule has 1 unspecified atom stereocenters. The van der Waals surface area contributed by atoms with Gasteiger partial charge in [-0.3, -0.25) is 14.5 Å². The Kier molecular flexibility index (Phi) is 9.92. The molecule has 1 amide bonds. The maximum absolute atomic E-state index is 13.9. The quantitative estimate of drug-likeness (QED) is 0.0473. The number of carbonyl (C=O) groups excluding carboxylic acids is 2. The molecule has 4 aromatic carbocycles. The first-order valence-corrected chi connectivity index (χ1v) is 17.9. The number of rotatable bonds is 11. The molecule has 2 aliphatic rings. The third kappa shape index (κ3) is 6.87. The molecule has 0 aliphatic carbocycles. The van der Waals surface area contributed by atoms with Gasteiger partial charge in [0, 0.05) is 16.3 Å². The van der Waals surface area contributed by atoms with Crippen LogP contribution >= 0.6 is 34.7 Å². The molecule has 1 atom stereocenters. The van der Waals surface area contributed by atoms with Crippen LogP contribution in [-0.2, 0) is 21.9 Å². The lowest BCUT2D eigenvalue weighted by Crippen LogP contribution is -2.29. The van der Waals surface area contributed by atoms with Crippen molar-refractivity contribution in [2.24, 2.45) is 0 Å². The molecule has 1 aromatic heterocycles. The summed E-state index contributed by atoms with van der Waals surface area (Å²) in [6.07, 6.45) is 0. The monoisotopic (exact) mass is 727 g/mol. The van der Waals surface area contributed by atoms with Crippen LogP contribution in [0, 0.1) is 0 Å². The first-order chi connectivity index (χ1) is 24.4. The maximum atomic E-state index is 13.9. The Labute approximate surface area is 301 Å². The van der Waals surface area contributed by atoms with E-state index in [1.165, 1.54) is 16.7 Å². The minimum Gasteiger partial charge on any atom is -0.507 e. The molecule has 0 bridgehead atoms. The van der Waals surface area contributed by atoms with Crippen LogP contribution in [0.4, 0.5) is 5.13 Å². The molecule has 1 fully saturated rings. The number of nitrogens with zero attached hydrogens (tertiary/aromatic N) is 3. The molecule has 254 valence electrons. The number of aromatic nitrogens is 2. The molecule has 3 heterocycles. The number of aliphatic hydroxyl groups excluding tert-OH is 1. The van der Waals surface area contributed by atoms with Gasteiger partial charge in [0.15, 0.2) is 27.3 Å². The molecule has 13 heteroatoms. The van der Waals surface area contributed by atoms with Gasteiger partial charge in [0.25, 0.3) is 5.78 Å². The number of anilines is 1. The highest BCUT2D eigenvalue weighted by Crippen LogP contribution is 2.46. The number of ketones is 1. The minimum atomic E-state index is -1.07. The summed E-state index contributed by atoms with van der Waals surface area (Å²) in [5.74, 6) is 0.287. The zero-order valence-corrected chi connectivity index (χ0v) is 29.1. The van der Waals surface area contributed by atoms with Gasteiger partial charge in [-0.25, -0.2) is 0 Å². The Morgan fingerprint density at radius 3 is 2.52 bits per heavy atom. The van der Waals surface area contributed by atoms with Crippen molar-refractivity contribution in [2.45, 2.75) is 29.7 Å². The van der Waals surface area contributed by atoms with Gasteiger partial charge in [0.1, 0.15) is 25.6 Å². The number of amides is 1. The van der Waals surface area contributed by atoms with Gasteiger partial charge in [0.05, 0.1) is 18.2 Å². The standard InChI is InChI=1S/C37H30ClN3O7S2/c1-2-45-29-18-23(12-14-28(29)48-20-22-8-4-3-5-9-22)32-31(33(42)24-13-15-27-30(19-24)47-17-16-46-27)34(43)35(44)41(32)36-39-40-37(50-36)49-21-25-10-6-7-11-26(25)38/h3-15,18-19,32,42H,2,16-17,20-21H2,1H3/b33-31-.